The van der Waals surface area contributed by atoms with Crippen LogP contribution in [0.15, 0.2) is 48.5 Å². The second-order valence-electron chi connectivity index (χ2n) is 6.75. The zero-order chi connectivity index (χ0) is 21.0. The fourth-order valence-corrected chi connectivity index (χ4v) is 3.50. The van der Waals surface area contributed by atoms with Crippen LogP contribution in [0.1, 0.15) is 12.0 Å². The van der Waals surface area contributed by atoms with Gasteiger partial charge in [-0.05, 0) is 60.6 Å². The van der Waals surface area contributed by atoms with Crippen molar-refractivity contribution >= 4 is 34.8 Å². The number of nitrogens with zero attached hydrogens (tertiary/aromatic N) is 2. The van der Waals surface area contributed by atoms with Crippen molar-refractivity contribution < 1.29 is 18.7 Å². The van der Waals surface area contributed by atoms with Gasteiger partial charge in [-0.2, -0.15) is 0 Å². The van der Waals surface area contributed by atoms with Crippen molar-refractivity contribution in [1.29, 1.82) is 0 Å². The van der Waals surface area contributed by atoms with Crippen LogP contribution < -0.4 is 10.1 Å². The molecule has 0 radical (unpaired) electrons. The van der Waals surface area contributed by atoms with E-state index < -0.39 is 6.04 Å². The number of hydrogen-bond donors (Lipinski definition) is 1. The Morgan fingerprint density at radius 1 is 1.17 bits per heavy atom. The highest BCUT2D eigenvalue weighted by Gasteiger charge is 2.41. The van der Waals surface area contributed by atoms with Crippen LogP contribution in [0, 0.1) is 5.82 Å². The lowest BCUT2D eigenvalue weighted by Crippen LogP contribution is -2.39. The molecule has 1 atom stereocenters. The van der Waals surface area contributed by atoms with Gasteiger partial charge in [0, 0.05) is 19.3 Å². The number of hydrogen-bond acceptors (Lipinski definition) is 4. The Balaban J connectivity index is 1.65. The molecule has 2 aromatic rings. The van der Waals surface area contributed by atoms with E-state index in [1.54, 1.807) is 55.5 Å². The number of thiocarbonyl (C=S) groups is 1. The van der Waals surface area contributed by atoms with Crippen molar-refractivity contribution in [3.63, 3.8) is 0 Å². The van der Waals surface area contributed by atoms with Gasteiger partial charge in [0.1, 0.15) is 17.6 Å². The number of anilines is 1. The largest absolute Gasteiger partial charge is 0.497 e. The topological polar surface area (TPSA) is 61.9 Å². The Labute approximate surface area is 174 Å². The SMILES string of the molecule is COc1ccc(NC(=O)C[C@H]2C(=O)N(C)C(=S)N2CCc2ccc(F)cc2)cc1. The molecule has 0 spiro atoms. The number of carbonyl (C=O) groups is 2. The average Bonchev–Trinajstić information content (AvgIpc) is 2.92. The molecule has 0 saturated carbocycles. The summed E-state index contributed by atoms with van der Waals surface area (Å²) in [4.78, 5) is 28.3. The Morgan fingerprint density at radius 3 is 2.45 bits per heavy atom. The first-order valence-corrected chi connectivity index (χ1v) is 9.56. The minimum Gasteiger partial charge on any atom is -0.497 e. The van der Waals surface area contributed by atoms with Crippen LogP contribution in [0.4, 0.5) is 10.1 Å². The van der Waals surface area contributed by atoms with Gasteiger partial charge in [-0.15, -0.1) is 0 Å². The van der Waals surface area contributed by atoms with Crippen molar-refractivity contribution in [1.82, 2.24) is 9.80 Å². The Kier molecular flexibility index (Phi) is 6.43. The summed E-state index contributed by atoms with van der Waals surface area (Å²) in [6.45, 7) is 0.459. The molecule has 2 aromatic carbocycles. The molecule has 3 rings (SSSR count). The van der Waals surface area contributed by atoms with Gasteiger partial charge in [0.25, 0.3) is 5.91 Å². The summed E-state index contributed by atoms with van der Waals surface area (Å²) in [6.07, 6.45) is 0.566. The molecular weight excluding hydrogens is 393 g/mol. The lowest BCUT2D eigenvalue weighted by Gasteiger charge is -2.23. The van der Waals surface area contributed by atoms with E-state index in [4.69, 9.17) is 17.0 Å². The third-order valence-electron chi connectivity index (χ3n) is 4.83. The molecule has 1 aliphatic heterocycles. The maximum atomic E-state index is 13.1. The van der Waals surface area contributed by atoms with E-state index in [-0.39, 0.29) is 24.1 Å². The first kappa shape index (κ1) is 20.7. The number of ether oxygens (including phenoxy) is 1. The van der Waals surface area contributed by atoms with Gasteiger partial charge in [-0.3, -0.25) is 14.5 Å². The van der Waals surface area contributed by atoms with Crippen LogP contribution in [-0.4, -0.2) is 53.5 Å². The van der Waals surface area contributed by atoms with Crippen molar-refractivity contribution in [2.75, 3.05) is 26.0 Å². The molecule has 152 valence electrons. The van der Waals surface area contributed by atoms with Gasteiger partial charge in [0.05, 0.1) is 13.5 Å². The third-order valence-corrected chi connectivity index (χ3v) is 5.34. The number of carbonyl (C=O) groups excluding carboxylic acids is 2. The van der Waals surface area contributed by atoms with Crippen LogP contribution >= 0.6 is 12.2 Å². The summed E-state index contributed by atoms with van der Waals surface area (Å²) < 4.78 is 18.2. The predicted molar refractivity (Wildman–Crippen MR) is 112 cm³/mol. The standard InChI is InChI=1S/C21H22FN3O3S/c1-24-20(27)18(13-19(26)23-16-7-9-17(28-2)10-8-16)25(21(24)29)12-11-14-3-5-15(22)6-4-14/h3-10,18H,11-13H2,1-2H3,(H,23,26)/t18-/m0/s1. The minimum atomic E-state index is -0.661. The van der Waals surface area contributed by atoms with Crippen molar-refractivity contribution in [3.8, 4) is 5.75 Å². The smallest absolute Gasteiger partial charge is 0.251 e. The fraction of sp³-hybridized carbons (Fsp3) is 0.286. The normalized spacial score (nSPS) is 16.3. The minimum absolute atomic E-state index is 0.0151. The van der Waals surface area contributed by atoms with Gasteiger partial charge in [-0.1, -0.05) is 12.1 Å². The molecule has 8 heteroatoms. The molecular formula is C21H22FN3O3S. The number of benzene rings is 2. The number of nitrogens with one attached hydrogen (secondary N) is 1. The lowest BCUT2D eigenvalue weighted by molar-refractivity contribution is -0.130. The maximum Gasteiger partial charge on any atom is 0.251 e. The highest BCUT2D eigenvalue weighted by atomic mass is 32.1. The Bertz CT molecular complexity index is 902. The predicted octanol–water partition coefficient (Wildman–Crippen LogP) is 2.83. The number of methoxy groups -OCH3 is 1. The van der Waals surface area contributed by atoms with Gasteiger partial charge in [-0.25, -0.2) is 4.39 Å². The number of amides is 2. The van der Waals surface area contributed by atoms with Gasteiger partial charge in [0.2, 0.25) is 5.91 Å². The lowest BCUT2D eigenvalue weighted by atomic mass is 10.1. The summed E-state index contributed by atoms with van der Waals surface area (Å²) in [5.74, 6) is -0.0984. The van der Waals surface area contributed by atoms with Crippen molar-refractivity contribution in [2.24, 2.45) is 0 Å². The molecule has 0 aromatic heterocycles. The molecule has 1 aliphatic rings. The first-order chi connectivity index (χ1) is 13.9. The van der Waals surface area contributed by atoms with Crippen LogP contribution in [0.3, 0.4) is 0 Å². The van der Waals surface area contributed by atoms with Crippen molar-refractivity contribution in [2.45, 2.75) is 18.9 Å². The molecule has 1 heterocycles. The molecule has 0 unspecified atom stereocenters. The molecule has 0 bridgehead atoms. The first-order valence-electron chi connectivity index (χ1n) is 9.15. The highest BCUT2D eigenvalue weighted by molar-refractivity contribution is 7.80. The molecule has 6 nitrogen and oxygen atoms in total. The Morgan fingerprint density at radius 2 is 1.83 bits per heavy atom. The summed E-state index contributed by atoms with van der Waals surface area (Å²) in [5.41, 5.74) is 1.55. The van der Waals surface area contributed by atoms with Gasteiger partial charge in [0.15, 0.2) is 5.11 Å². The van der Waals surface area contributed by atoms with Gasteiger partial charge < -0.3 is 15.0 Å². The molecule has 2 amide bonds. The van der Waals surface area contributed by atoms with E-state index in [1.165, 1.54) is 17.0 Å². The zero-order valence-electron chi connectivity index (χ0n) is 16.2. The van der Waals surface area contributed by atoms with E-state index >= 15 is 0 Å². The average molecular weight is 415 g/mol. The Hall–Kier alpha value is -3.00. The molecule has 1 N–H and O–H groups in total. The second kappa shape index (κ2) is 9.00. The fourth-order valence-electron chi connectivity index (χ4n) is 3.19. The van der Waals surface area contributed by atoms with Gasteiger partial charge >= 0.3 is 0 Å². The third kappa shape index (κ3) is 4.89. The van der Waals surface area contributed by atoms with E-state index in [9.17, 15) is 14.0 Å². The maximum absolute atomic E-state index is 13.1. The monoisotopic (exact) mass is 415 g/mol. The highest BCUT2D eigenvalue weighted by Crippen LogP contribution is 2.21. The zero-order valence-corrected chi connectivity index (χ0v) is 17.0. The van der Waals surface area contributed by atoms with Crippen LogP contribution in [0.5, 0.6) is 5.75 Å². The molecule has 1 fully saturated rings. The molecule has 29 heavy (non-hydrogen) atoms. The number of likely N-dealkylation sites (N-methyl/N-ethyl adjacent to an activating group) is 1. The molecule has 0 aliphatic carbocycles. The summed E-state index contributed by atoms with van der Waals surface area (Å²) in [5, 5.41) is 3.18. The van der Waals surface area contributed by atoms with Crippen LogP contribution in [-0.2, 0) is 16.0 Å². The van der Waals surface area contributed by atoms with Crippen molar-refractivity contribution in [3.05, 3.63) is 59.9 Å². The van der Waals surface area contributed by atoms with E-state index in [1.807, 2.05) is 0 Å². The van der Waals surface area contributed by atoms with E-state index in [0.717, 1.165) is 5.56 Å². The van der Waals surface area contributed by atoms with Crippen LogP contribution in [0.2, 0.25) is 0 Å². The van der Waals surface area contributed by atoms with E-state index in [2.05, 4.69) is 5.32 Å². The summed E-state index contributed by atoms with van der Waals surface area (Å²) in [7, 11) is 3.18. The van der Waals surface area contributed by atoms with Crippen LogP contribution in [0.25, 0.3) is 0 Å². The quantitative estimate of drug-likeness (QED) is 0.705. The van der Waals surface area contributed by atoms with E-state index in [0.29, 0.717) is 29.5 Å². The molecule has 1 saturated heterocycles. The second-order valence-corrected chi connectivity index (χ2v) is 7.11. The number of halogens is 1. The number of rotatable bonds is 7. The summed E-state index contributed by atoms with van der Waals surface area (Å²) in [6, 6.07) is 12.5. The summed E-state index contributed by atoms with van der Waals surface area (Å²) >= 11 is 5.39.